The van der Waals surface area contributed by atoms with E-state index in [0.717, 1.165) is 45.4 Å². The fourth-order valence-electron chi connectivity index (χ4n) is 10.5. The van der Waals surface area contributed by atoms with E-state index in [-0.39, 0.29) is 0 Å². The van der Waals surface area contributed by atoms with Gasteiger partial charge in [0.05, 0.1) is 22.1 Å². The minimum absolute atomic E-state index is 0.607. The number of ether oxygens (including phenoxy) is 1. The Bertz CT molecular complexity index is 3480. The molecular weight excluding hydrogens is 785 g/mol. The molecule has 0 radical (unpaired) electrons. The number of hydrogen-bond acceptors (Lipinski definition) is 3. The van der Waals surface area contributed by atoms with E-state index < -0.39 is 5.41 Å². The molecule has 4 heteroatoms. The highest BCUT2D eigenvalue weighted by molar-refractivity contribution is 7.99. The van der Waals surface area contributed by atoms with E-state index in [1.807, 2.05) is 11.8 Å². The lowest BCUT2D eigenvalue weighted by Crippen LogP contribution is -2.36. The van der Waals surface area contributed by atoms with Gasteiger partial charge in [0.1, 0.15) is 11.5 Å². The molecule has 0 amide bonds. The lowest BCUT2D eigenvalue weighted by atomic mass is 9.63. The summed E-state index contributed by atoms with van der Waals surface area (Å²) in [5.41, 5.74) is 13.4. The molecule has 0 bridgehead atoms. The number of nitrogens with zero attached hydrogens (tertiary/aromatic N) is 2. The molecule has 0 aliphatic carbocycles. The molecule has 3 nitrogen and oxygen atoms in total. The maximum Gasteiger partial charge on any atom is 0.132 e. The van der Waals surface area contributed by atoms with Gasteiger partial charge in [-0.15, -0.1) is 0 Å². The van der Waals surface area contributed by atoms with Crippen molar-refractivity contribution in [2.75, 3.05) is 4.90 Å². The van der Waals surface area contributed by atoms with Crippen molar-refractivity contribution in [3.63, 3.8) is 0 Å². The summed E-state index contributed by atoms with van der Waals surface area (Å²) < 4.78 is 9.27. The molecule has 1 aromatic heterocycles. The molecule has 2 aliphatic heterocycles. The topological polar surface area (TPSA) is 17.4 Å². The highest BCUT2D eigenvalue weighted by atomic mass is 32.2. The van der Waals surface area contributed by atoms with E-state index in [0.29, 0.717) is 0 Å². The van der Waals surface area contributed by atoms with E-state index in [2.05, 4.69) is 240 Å². The predicted octanol–water partition coefficient (Wildman–Crippen LogP) is 16.0. The lowest BCUT2D eigenvalue weighted by molar-refractivity contribution is 0.431. The third-order valence-electron chi connectivity index (χ3n) is 13.1. The van der Waals surface area contributed by atoms with Gasteiger partial charge in [-0.1, -0.05) is 163 Å². The molecule has 10 aromatic carbocycles. The van der Waals surface area contributed by atoms with Crippen LogP contribution in [0, 0.1) is 0 Å². The van der Waals surface area contributed by atoms with Gasteiger partial charge in [0.15, 0.2) is 0 Å². The van der Waals surface area contributed by atoms with Gasteiger partial charge in [-0.25, -0.2) is 0 Å². The third-order valence-corrected chi connectivity index (χ3v) is 14.2. The highest BCUT2D eigenvalue weighted by Gasteiger charge is 2.49. The Kier molecular flexibility index (Phi) is 8.06. The van der Waals surface area contributed by atoms with Crippen LogP contribution in [0.2, 0.25) is 0 Å². The van der Waals surface area contributed by atoms with Crippen molar-refractivity contribution in [3.05, 3.63) is 253 Å². The van der Waals surface area contributed by atoms with Crippen LogP contribution in [0.4, 0.5) is 17.1 Å². The molecule has 0 unspecified atom stereocenters. The number of para-hydroxylation sites is 3. The quantitative estimate of drug-likeness (QED) is 0.172. The second-order valence-electron chi connectivity index (χ2n) is 16.4. The van der Waals surface area contributed by atoms with E-state index in [1.54, 1.807) is 0 Å². The largest absolute Gasteiger partial charge is 0.457 e. The van der Waals surface area contributed by atoms with Crippen LogP contribution in [0.15, 0.2) is 240 Å². The second kappa shape index (κ2) is 14.1. The van der Waals surface area contributed by atoms with Crippen LogP contribution in [0.5, 0.6) is 11.5 Å². The minimum Gasteiger partial charge on any atom is -0.457 e. The highest BCUT2D eigenvalue weighted by Crippen LogP contribution is 2.62. The van der Waals surface area contributed by atoms with Crippen molar-refractivity contribution in [1.29, 1.82) is 0 Å². The maximum atomic E-state index is 6.88. The van der Waals surface area contributed by atoms with E-state index in [9.17, 15) is 0 Å². The van der Waals surface area contributed by atoms with Crippen LogP contribution < -0.4 is 9.64 Å². The summed E-state index contributed by atoms with van der Waals surface area (Å²) >= 11 is 1.85. The molecule has 0 saturated heterocycles. The summed E-state index contributed by atoms with van der Waals surface area (Å²) in [5.74, 6) is 1.75. The molecule has 3 heterocycles. The number of anilines is 3. The first-order valence-corrected chi connectivity index (χ1v) is 22.3. The van der Waals surface area contributed by atoms with Crippen molar-refractivity contribution in [3.8, 4) is 28.3 Å². The molecule has 13 rings (SSSR count). The van der Waals surface area contributed by atoms with Gasteiger partial charge in [-0.05, 0) is 107 Å². The summed E-state index contributed by atoms with van der Waals surface area (Å²) in [5, 5.41) is 4.87. The monoisotopic (exact) mass is 822 g/mol. The minimum atomic E-state index is -0.607. The number of hydrogen-bond donors (Lipinski definition) is 0. The molecule has 63 heavy (non-hydrogen) atoms. The summed E-state index contributed by atoms with van der Waals surface area (Å²) in [4.78, 5) is 4.94. The van der Waals surface area contributed by atoms with Gasteiger partial charge in [0, 0.05) is 54.1 Å². The first-order chi connectivity index (χ1) is 31.3. The maximum absolute atomic E-state index is 6.88. The molecule has 0 fully saturated rings. The molecule has 2 aliphatic rings. The SMILES string of the molecule is c1ccc(-n2c3ccccc3c3c(-c4ccc(N(c5ccc6c(c5)C5(c7ccccc7O6)c6ccccc6Sc6ccccc65)c5cccc6ccccc56)cc4)cccc32)cc1. The van der Waals surface area contributed by atoms with Gasteiger partial charge < -0.3 is 14.2 Å². The first kappa shape index (κ1) is 35.9. The molecule has 0 N–H and O–H groups in total. The van der Waals surface area contributed by atoms with Gasteiger partial charge in [-0.2, -0.15) is 0 Å². The standard InChI is InChI=1S/C59H38N2OS/c1-2-18-41(19-3-1)61-52-26-10-6-21-46(52)58-45(22-15-28-53(58)61)40-32-34-42(35-33-40)60(51-27-14-17-39-16-4-5-20-44(39)51)43-36-37-55-50(38-43)59(47-23-7-11-29-54(47)62-55)48-24-8-12-30-56(48)63-57-31-13-9-25-49(57)59/h1-38H. The van der Waals surface area contributed by atoms with Crippen molar-refractivity contribution in [2.45, 2.75) is 15.2 Å². The number of fused-ring (bicyclic) bond motifs is 12. The summed E-state index contributed by atoms with van der Waals surface area (Å²) in [6, 6.07) is 83.9. The Morgan fingerprint density at radius 1 is 0.429 bits per heavy atom. The Morgan fingerprint density at radius 2 is 1.03 bits per heavy atom. The zero-order valence-corrected chi connectivity index (χ0v) is 35.0. The fourth-order valence-corrected chi connectivity index (χ4v) is 11.7. The summed E-state index contributed by atoms with van der Waals surface area (Å²) in [6.07, 6.45) is 0. The number of benzene rings is 10. The van der Waals surface area contributed by atoms with Crippen LogP contribution in [0.3, 0.4) is 0 Å². The van der Waals surface area contributed by atoms with Crippen LogP contribution >= 0.6 is 11.8 Å². The number of aromatic nitrogens is 1. The normalized spacial score (nSPS) is 13.3. The summed E-state index contributed by atoms with van der Waals surface area (Å²) in [7, 11) is 0. The molecular formula is C59H38N2OS. The van der Waals surface area contributed by atoms with Crippen molar-refractivity contribution < 1.29 is 4.74 Å². The Morgan fingerprint density at radius 3 is 1.84 bits per heavy atom. The zero-order valence-electron chi connectivity index (χ0n) is 34.2. The van der Waals surface area contributed by atoms with E-state index in [1.165, 1.54) is 64.6 Å². The molecule has 0 saturated carbocycles. The van der Waals surface area contributed by atoms with Crippen LogP contribution in [0.25, 0.3) is 49.4 Å². The van der Waals surface area contributed by atoms with Crippen LogP contribution in [0.1, 0.15) is 22.3 Å². The fraction of sp³-hybridized carbons (Fsp3) is 0.0169. The van der Waals surface area contributed by atoms with Gasteiger partial charge in [0.25, 0.3) is 0 Å². The van der Waals surface area contributed by atoms with Crippen LogP contribution in [-0.4, -0.2) is 4.57 Å². The lowest BCUT2D eigenvalue weighted by Gasteiger charge is -2.45. The Balaban J connectivity index is 1.03. The average molecular weight is 823 g/mol. The van der Waals surface area contributed by atoms with Gasteiger partial charge in [-0.3, -0.25) is 0 Å². The van der Waals surface area contributed by atoms with E-state index >= 15 is 0 Å². The van der Waals surface area contributed by atoms with Crippen LogP contribution in [-0.2, 0) is 5.41 Å². The van der Waals surface area contributed by atoms with Gasteiger partial charge in [0.2, 0.25) is 0 Å². The Labute approximate surface area is 370 Å². The molecule has 296 valence electrons. The summed E-state index contributed by atoms with van der Waals surface area (Å²) in [6.45, 7) is 0. The third kappa shape index (κ3) is 5.35. The zero-order chi connectivity index (χ0) is 41.5. The van der Waals surface area contributed by atoms with Crippen molar-refractivity contribution >= 4 is 61.4 Å². The number of rotatable bonds is 5. The molecule has 11 aromatic rings. The predicted molar refractivity (Wildman–Crippen MR) is 261 cm³/mol. The van der Waals surface area contributed by atoms with E-state index in [4.69, 9.17) is 4.74 Å². The van der Waals surface area contributed by atoms with Crippen molar-refractivity contribution in [1.82, 2.24) is 4.57 Å². The Hall–Kier alpha value is -7.79. The molecule has 0 atom stereocenters. The van der Waals surface area contributed by atoms with Crippen molar-refractivity contribution in [2.24, 2.45) is 0 Å². The smallest absolute Gasteiger partial charge is 0.132 e. The average Bonchev–Trinajstić information content (AvgIpc) is 3.69. The second-order valence-corrected chi connectivity index (χ2v) is 17.5. The first-order valence-electron chi connectivity index (χ1n) is 21.5. The molecule has 1 spiro atoms. The van der Waals surface area contributed by atoms with Gasteiger partial charge >= 0.3 is 0 Å².